The van der Waals surface area contributed by atoms with Gasteiger partial charge in [0.05, 0.1) is 0 Å². The lowest BCUT2D eigenvalue weighted by Gasteiger charge is -2.07. The van der Waals surface area contributed by atoms with E-state index in [2.05, 4.69) is 14.9 Å². The molecule has 9 heteroatoms. The Morgan fingerprint density at radius 2 is 2.19 bits per heavy atom. The predicted octanol–water partition coefficient (Wildman–Crippen LogP) is 0.497. The Kier molecular flexibility index (Phi) is 4.66. The number of halogens is 1. The molecule has 3 N–H and O–H groups in total. The van der Waals surface area contributed by atoms with Crippen molar-refractivity contribution in [2.45, 2.75) is 24.8 Å². The van der Waals surface area contributed by atoms with E-state index in [1.165, 1.54) is 12.1 Å². The summed E-state index contributed by atoms with van der Waals surface area (Å²) in [5.74, 6) is -0.0514. The number of hydrogen-bond acceptors (Lipinski definition) is 6. The minimum Gasteiger partial charge on any atom is -0.339 e. The summed E-state index contributed by atoms with van der Waals surface area (Å²) >= 11 is 0. The Balaban J connectivity index is 2.04. The van der Waals surface area contributed by atoms with Crippen LogP contribution in [0.15, 0.2) is 27.6 Å². The zero-order chi connectivity index (χ0) is 15.5. The first-order chi connectivity index (χ1) is 9.92. The number of hydrogen-bond donors (Lipinski definition) is 2. The molecule has 21 heavy (non-hydrogen) atoms. The van der Waals surface area contributed by atoms with Gasteiger partial charge in [0.15, 0.2) is 5.82 Å². The van der Waals surface area contributed by atoms with Crippen molar-refractivity contribution in [2.75, 3.05) is 6.54 Å². The summed E-state index contributed by atoms with van der Waals surface area (Å²) in [6.07, 6.45) is 0.225. The smallest absolute Gasteiger partial charge is 0.243 e. The van der Waals surface area contributed by atoms with Crippen LogP contribution in [0.5, 0.6) is 0 Å². The largest absolute Gasteiger partial charge is 0.339 e. The quantitative estimate of drug-likeness (QED) is 0.803. The van der Waals surface area contributed by atoms with E-state index in [0.29, 0.717) is 17.3 Å². The number of nitrogens with zero attached hydrogens (tertiary/aromatic N) is 2. The number of sulfonamides is 1. The number of aryl methyl sites for hydroxylation is 1. The minimum absolute atomic E-state index is 0.0298. The molecule has 0 saturated heterocycles. The molecule has 7 nitrogen and oxygen atoms in total. The molecule has 114 valence electrons. The molecule has 0 amide bonds. The summed E-state index contributed by atoms with van der Waals surface area (Å²) in [6, 6.07) is 3.77. The normalized spacial score (nSPS) is 11.8. The fraction of sp³-hybridized carbons (Fsp3) is 0.333. The van der Waals surface area contributed by atoms with E-state index in [4.69, 9.17) is 10.3 Å². The molecule has 0 fully saturated rings. The highest BCUT2D eigenvalue weighted by molar-refractivity contribution is 7.89. The van der Waals surface area contributed by atoms with Gasteiger partial charge in [0, 0.05) is 19.5 Å². The molecule has 0 aliphatic heterocycles. The van der Waals surface area contributed by atoms with Gasteiger partial charge in [-0.15, -0.1) is 0 Å². The van der Waals surface area contributed by atoms with Crippen molar-refractivity contribution >= 4 is 10.0 Å². The Morgan fingerprint density at radius 3 is 2.76 bits per heavy atom. The van der Waals surface area contributed by atoms with Crippen molar-refractivity contribution in [3.63, 3.8) is 0 Å². The first-order valence-electron chi connectivity index (χ1n) is 6.20. The third-order valence-corrected chi connectivity index (χ3v) is 4.22. The molecule has 0 saturated carbocycles. The van der Waals surface area contributed by atoms with Crippen molar-refractivity contribution in [1.82, 2.24) is 14.9 Å². The van der Waals surface area contributed by atoms with Gasteiger partial charge in [-0.25, -0.2) is 17.5 Å². The molecule has 0 unspecified atom stereocenters. The Labute approximate surface area is 121 Å². The van der Waals surface area contributed by atoms with Gasteiger partial charge < -0.3 is 10.3 Å². The van der Waals surface area contributed by atoms with E-state index < -0.39 is 20.7 Å². The van der Waals surface area contributed by atoms with Crippen molar-refractivity contribution in [2.24, 2.45) is 5.73 Å². The van der Waals surface area contributed by atoms with E-state index >= 15 is 0 Å². The standard InChI is InChI=1S/C12H15FN4O3S/c1-8-16-12(20-17-8)4-5-15-21(18,19)11-3-2-9(7-14)6-10(11)13/h2-3,6,15H,4-5,7,14H2,1H3. The molecular weight excluding hydrogens is 299 g/mol. The highest BCUT2D eigenvalue weighted by Crippen LogP contribution is 2.15. The van der Waals surface area contributed by atoms with Crippen molar-refractivity contribution < 1.29 is 17.3 Å². The first kappa shape index (κ1) is 15.5. The van der Waals surface area contributed by atoms with Crippen LogP contribution in [0.1, 0.15) is 17.3 Å². The van der Waals surface area contributed by atoms with E-state index in [9.17, 15) is 12.8 Å². The number of nitrogens with one attached hydrogen (secondary N) is 1. The Hall–Kier alpha value is -1.84. The average molecular weight is 314 g/mol. The summed E-state index contributed by atoms with van der Waals surface area (Å²) in [5, 5.41) is 3.59. The lowest BCUT2D eigenvalue weighted by Crippen LogP contribution is -2.27. The van der Waals surface area contributed by atoms with Crippen LogP contribution in [0.3, 0.4) is 0 Å². The summed E-state index contributed by atoms with van der Waals surface area (Å²) in [4.78, 5) is 3.53. The highest BCUT2D eigenvalue weighted by atomic mass is 32.2. The molecule has 1 aromatic carbocycles. The van der Waals surface area contributed by atoms with Crippen LogP contribution in [0, 0.1) is 12.7 Å². The molecule has 0 atom stereocenters. The maximum absolute atomic E-state index is 13.8. The molecule has 0 bridgehead atoms. The summed E-state index contributed by atoms with van der Waals surface area (Å²) < 4.78 is 44.9. The summed E-state index contributed by atoms with van der Waals surface area (Å²) in [5.41, 5.74) is 5.89. The summed E-state index contributed by atoms with van der Waals surface area (Å²) in [6.45, 7) is 1.83. The fourth-order valence-electron chi connectivity index (χ4n) is 1.70. The number of benzene rings is 1. The SMILES string of the molecule is Cc1noc(CCNS(=O)(=O)c2ccc(CN)cc2F)n1. The number of rotatable bonds is 6. The monoisotopic (exact) mass is 314 g/mol. The van der Waals surface area contributed by atoms with E-state index in [0.717, 1.165) is 6.07 Å². The van der Waals surface area contributed by atoms with Crippen LogP contribution in [0.25, 0.3) is 0 Å². The van der Waals surface area contributed by atoms with Gasteiger partial charge in [-0.05, 0) is 24.6 Å². The second-order valence-corrected chi connectivity index (χ2v) is 6.09. The van der Waals surface area contributed by atoms with Crippen LogP contribution >= 0.6 is 0 Å². The molecule has 0 aliphatic carbocycles. The van der Waals surface area contributed by atoms with Crippen molar-refractivity contribution in [1.29, 1.82) is 0 Å². The van der Waals surface area contributed by atoms with Crippen LogP contribution < -0.4 is 10.5 Å². The molecule has 2 aromatic rings. The lowest BCUT2D eigenvalue weighted by molar-refractivity contribution is 0.375. The van der Waals surface area contributed by atoms with Gasteiger partial charge in [0.1, 0.15) is 10.7 Å². The minimum atomic E-state index is -3.93. The van der Waals surface area contributed by atoms with E-state index in [-0.39, 0.29) is 19.5 Å². The van der Waals surface area contributed by atoms with Crippen molar-refractivity contribution in [3.05, 3.63) is 41.3 Å². The first-order valence-corrected chi connectivity index (χ1v) is 7.68. The maximum atomic E-state index is 13.8. The van der Waals surface area contributed by atoms with Gasteiger partial charge >= 0.3 is 0 Å². The number of nitrogens with two attached hydrogens (primary N) is 1. The second kappa shape index (κ2) is 6.29. The molecule has 1 aromatic heterocycles. The Morgan fingerprint density at radius 1 is 1.43 bits per heavy atom. The van der Waals surface area contributed by atoms with Gasteiger partial charge in [0.25, 0.3) is 0 Å². The van der Waals surface area contributed by atoms with E-state index in [1.807, 2.05) is 0 Å². The van der Waals surface area contributed by atoms with Gasteiger partial charge in [-0.2, -0.15) is 4.98 Å². The molecular formula is C12H15FN4O3S. The van der Waals surface area contributed by atoms with Crippen LogP contribution in [0.2, 0.25) is 0 Å². The van der Waals surface area contributed by atoms with Gasteiger partial charge in [0.2, 0.25) is 15.9 Å². The van der Waals surface area contributed by atoms with Crippen LogP contribution in [0.4, 0.5) is 4.39 Å². The molecule has 1 heterocycles. The third kappa shape index (κ3) is 3.84. The van der Waals surface area contributed by atoms with E-state index in [1.54, 1.807) is 6.92 Å². The average Bonchev–Trinajstić information content (AvgIpc) is 2.83. The van der Waals surface area contributed by atoms with Crippen LogP contribution in [-0.4, -0.2) is 25.1 Å². The fourth-order valence-corrected chi connectivity index (χ4v) is 2.79. The summed E-state index contributed by atoms with van der Waals surface area (Å²) in [7, 11) is -3.93. The van der Waals surface area contributed by atoms with Crippen LogP contribution in [-0.2, 0) is 23.0 Å². The number of aromatic nitrogens is 2. The van der Waals surface area contributed by atoms with Gasteiger partial charge in [-0.1, -0.05) is 11.2 Å². The second-order valence-electron chi connectivity index (χ2n) is 4.35. The molecule has 0 spiro atoms. The predicted molar refractivity (Wildman–Crippen MR) is 72.2 cm³/mol. The zero-order valence-corrected chi connectivity index (χ0v) is 12.2. The Bertz CT molecular complexity index is 730. The molecule has 0 radical (unpaired) electrons. The molecule has 0 aliphatic rings. The lowest BCUT2D eigenvalue weighted by atomic mass is 10.2. The molecule has 2 rings (SSSR count). The maximum Gasteiger partial charge on any atom is 0.243 e. The van der Waals surface area contributed by atoms with Crippen molar-refractivity contribution in [3.8, 4) is 0 Å². The third-order valence-electron chi connectivity index (χ3n) is 2.72. The topological polar surface area (TPSA) is 111 Å². The zero-order valence-electron chi connectivity index (χ0n) is 11.3. The van der Waals surface area contributed by atoms with Gasteiger partial charge in [-0.3, -0.25) is 0 Å². The highest BCUT2D eigenvalue weighted by Gasteiger charge is 2.19.